The second kappa shape index (κ2) is 11.5. The summed E-state index contributed by atoms with van der Waals surface area (Å²) in [5.41, 5.74) is 8.84. The number of nitrogens with one attached hydrogen (secondary N) is 2. The quantitative estimate of drug-likeness (QED) is 0.430. The fraction of sp³-hybridized carbons (Fsp3) is 0.250. The van der Waals surface area contributed by atoms with Gasteiger partial charge in [0.15, 0.2) is 0 Å². The van der Waals surface area contributed by atoms with Gasteiger partial charge in [0, 0.05) is 36.5 Å². The van der Waals surface area contributed by atoms with Crippen LogP contribution in [0.3, 0.4) is 0 Å². The first-order valence-electron chi connectivity index (χ1n) is 10.4. The van der Waals surface area contributed by atoms with Gasteiger partial charge < -0.3 is 25.8 Å². The van der Waals surface area contributed by atoms with Gasteiger partial charge in [-0.2, -0.15) is 5.26 Å². The maximum atomic E-state index is 12.1. The summed E-state index contributed by atoms with van der Waals surface area (Å²) in [6.45, 7) is 1.01. The van der Waals surface area contributed by atoms with Crippen LogP contribution in [0.2, 0.25) is 0 Å². The molecular weight excluding hydrogens is 420 g/mol. The van der Waals surface area contributed by atoms with Gasteiger partial charge in [0.05, 0.1) is 25.5 Å². The Morgan fingerprint density at radius 2 is 2.00 bits per heavy atom. The average Bonchev–Trinajstić information content (AvgIpc) is 2.83. The topological polar surface area (TPSA) is 135 Å². The van der Waals surface area contributed by atoms with E-state index in [1.54, 1.807) is 37.6 Å². The molecule has 0 unspecified atom stereocenters. The van der Waals surface area contributed by atoms with Gasteiger partial charge in [-0.25, -0.2) is 14.8 Å². The summed E-state index contributed by atoms with van der Waals surface area (Å²) >= 11 is 0. The van der Waals surface area contributed by atoms with Gasteiger partial charge in [-0.05, 0) is 54.9 Å². The summed E-state index contributed by atoms with van der Waals surface area (Å²) in [6.07, 6.45) is 2.81. The Bertz CT molecular complexity index is 1160. The summed E-state index contributed by atoms with van der Waals surface area (Å²) in [5, 5.41) is 14.9. The van der Waals surface area contributed by atoms with Crippen molar-refractivity contribution in [3.05, 3.63) is 65.6 Å². The smallest absolute Gasteiger partial charge is 0.319 e. The minimum absolute atomic E-state index is 0.311. The van der Waals surface area contributed by atoms with E-state index in [0.29, 0.717) is 60.2 Å². The number of nitriles is 1. The third-order valence-electron chi connectivity index (χ3n) is 4.81. The summed E-state index contributed by atoms with van der Waals surface area (Å²) < 4.78 is 10.6. The van der Waals surface area contributed by atoms with E-state index in [1.807, 2.05) is 18.2 Å². The van der Waals surface area contributed by atoms with Crippen LogP contribution in [0.25, 0.3) is 11.3 Å². The van der Waals surface area contributed by atoms with Crippen LogP contribution in [-0.2, 0) is 6.42 Å². The molecular formula is C24H26N6O3. The van der Waals surface area contributed by atoms with E-state index in [9.17, 15) is 10.1 Å². The number of urea groups is 1. The molecule has 1 heterocycles. The highest BCUT2D eigenvalue weighted by Crippen LogP contribution is 2.26. The van der Waals surface area contributed by atoms with Crippen LogP contribution in [0.1, 0.15) is 23.4 Å². The van der Waals surface area contributed by atoms with Crippen molar-refractivity contribution in [2.24, 2.45) is 5.73 Å². The molecule has 9 heteroatoms. The Labute approximate surface area is 192 Å². The SMILES string of the molecule is COc1cc(Cc2nccc(-c3ccc(OC)c(C#N)c3)n2)cc(NC(=O)NCCCN)c1. The maximum absolute atomic E-state index is 12.1. The molecule has 0 saturated heterocycles. The fourth-order valence-corrected chi connectivity index (χ4v) is 3.21. The molecule has 3 rings (SSSR count). The first kappa shape index (κ1) is 23.5. The zero-order chi connectivity index (χ0) is 23.6. The normalized spacial score (nSPS) is 10.2. The number of carbonyl (C=O) groups is 1. The Balaban J connectivity index is 1.81. The van der Waals surface area contributed by atoms with E-state index < -0.39 is 0 Å². The first-order chi connectivity index (χ1) is 16.1. The van der Waals surface area contributed by atoms with Crippen molar-refractivity contribution in [2.75, 3.05) is 32.6 Å². The Hall–Kier alpha value is -4.16. The number of benzene rings is 2. The van der Waals surface area contributed by atoms with E-state index in [0.717, 1.165) is 11.1 Å². The largest absolute Gasteiger partial charge is 0.497 e. The molecule has 0 radical (unpaired) electrons. The van der Waals surface area contributed by atoms with Crippen LogP contribution in [0.15, 0.2) is 48.7 Å². The number of methoxy groups -OCH3 is 2. The van der Waals surface area contributed by atoms with Crippen LogP contribution in [0.4, 0.5) is 10.5 Å². The number of nitrogens with zero attached hydrogens (tertiary/aromatic N) is 3. The highest BCUT2D eigenvalue weighted by atomic mass is 16.5. The standard InChI is InChI=1S/C24H26N6O3/c1-32-20-11-16(10-19(14-20)29-24(31)28-8-3-7-25)12-23-27-9-6-21(30-23)17-4-5-22(33-2)18(13-17)15-26/h4-6,9-11,13-14H,3,7-8,12,25H2,1-2H3,(H2,28,29,31). The van der Waals surface area contributed by atoms with Crippen molar-refractivity contribution < 1.29 is 14.3 Å². The number of hydrogen-bond donors (Lipinski definition) is 3. The van der Waals surface area contributed by atoms with Gasteiger partial charge in [-0.1, -0.05) is 0 Å². The van der Waals surface area contributed by atoms with Gasteiger partial charge >= 0.3 is 6.03 Å². The molecule has 0 aliphatic carbocycles. The number of carbonyl (C=O) groups excluding carboxylic acids is 1. The minimum atomic E-state index is -0.311. The molecule has 0 bridgehead atoms. The lowest BCUT2D eigenvalue weighted by Gasteiger charge is -2.11. The zero-order valence-corrected chi connectivity index (χ0v) is 18.6. The molecule has 0 fully saturated rings. The Morgan fingerprint density at radius 3 is 2.73 bits per heavy atom. The molecule has 1 aromatic heterocycles. The zero-order valence-electron chi connectivity index (χ0n) is 18.6. The number of rotatable bonds is 9. The molecule has 0 spiro atoms. The molecule has 2 aromatic carbocycles. The van der Waals surface area contributed by atoms with Crippen molar-refractivity contribution >= 4 is 11.7 Å². The summed E-state index contributed by atoms with van der Waals surface area (Å²) in [7, 11) is 3.09. The molecule has 3 aromatic rings. The predicted molar refractivity (Wildman–Crippen MR) is 125 cm³/mol. The fourth-order valence-electron chi connectivity index (χ4n) is 3.21. The van der Waals surface area contributed by atoms with Crippen molar-refractivity contribution in [1.29, 1.82) is 5.26 Å². The van der Waals surface area contributed by atoms with Gasteiger partial charge in [-0.15, -0.1) is 0 Å². The van der Waals surface area contributed by atoms with Crippen LogP contribution >= 0.6 is 0 Å². The highest BCUT2D eigenvalue weighted by molar-refractivity contribution is 5.89. The van der Waals surface area contributed by atoms with E-state index in [2.05, 4.69) is 26.7 Å². The van der Waals surface area contributed by atoms with E-state index in [1.165, 1.54) is 7.11 Å². The average molecular weight is 447 g/mol. The number of amides is 2. The Morgan fingerprint density at radius 1 is 1.15 bits per heavy atom. The van der Waals surface area contributed by atoms with Crippen molar-refractivity contribution in [1.82, 2.24) is 15.3 Å². The minimum Gasteiger partial charge on any atom is -0.497 e. The third-order valence-corrected chi connectivity index (χ3v) is 4.81. The molecule has 0 aliphatic heterocycles. The lowest BCUT2D eigenvalue weighted by Crippen LogP contribution is -2.30. The highest BCUT2D eigenvalue weighted by Gasteiger charge is 2.10. The van der Waals surface area contributed by atoms with Gasteiger partial charge in [-0.3, -0.25) is 0 Å². The van der Waals surface area contributed by atoms with Crippen LogP contribution in [-0.4, -0.2) is 43.3 Å². The van der Waals surface area contributed by atoms with Gasteiger partial charge in [0.2, 0.25) is 0 Å². The van der Waals surface area contributed by atoms with Crippen LogP contribution in [0, 0.1) is 11.3 Å². The third kappa shape index (κ3) is 6.41. The second-order valence-corrected chi connectivity index (χ2v) is 7.15. The monoisotopic (exact) mass is 446 g/mol. The van der Waals surface area contributed by atoms with Crippen molar-refractivity contribution in [3.63, 3.8) is 0 Å². The molecule has 0 saturated carbocycles. The van der Waals surface area contributed by atoms with Crippen LogP contribution < -0.4 is 25.8 Å². The van der Waals surface area contributed by atoms with Crippen LogP contribution in [0.5, 0.6) is 11.5 Å². The summed E-state index contributed by atoms with van der Waals surface area (Å²) in [4.78, 5) is 21.1. The summed E-state index contributed by atoms with van der Waals surface area (Å²) in [6, 6.07) is 14.4. The van der Waals surface area contributed by atoms with Gasteiger partial charge in [0.25, 0.3) is 0 Å². The van der Waals surface area contributed by atoms with Crippen molar-refractivity contribution in [3.8, 4) is 28.8 Å². The summed E-state index contributed by atoms with van der Waals surface area (Å²) in [5.74, 6) is 1.71. The number of ether oxygens (including phenoxy) is 2. The lowest BCUT2D eigenvalue weighted by molar-refractivity contribution is 0.252. The number of hydrogen-bond acceptors (Lipinski definition) is 7. The molecule has 33 heavy (non-hydrogen) atoms. The number of aromatic nitrogens is 2. The number of anilines is 1. The van der Waals surface area contributed by atoms with E-state index >= 15 is 0 Å². The predicted octanol–water partition coefficient (Wildman–Crippen LogP) is 3.09. The molecule has 2 amide bonds. The first-order valence-corrected chi connectivity index (χ1v) is 10.4. The molecule has 170 valence electrons. The number of nitrogens with two attached hydrogens (primary N) is 1. The van der Waals surface area contributed by atoms with E-state index in [-0.39, 0.29) is 6.03 Å². The molecule has 0 atom stereocenters. The van der Waals surface area contributed by atoms with Gasteiger partial charge in [0.1, 0.15) is 23.4 Å². The molecule has 0 aliphatic rings. The maximum Gasteiger partial charge on any atom is 0.319 e. The Kier molecular flexibility index (Phi) is 8.16. The molecule has 9 nitrogen and oxygen atoms in total. The second-order valence-electron chi connectivity index (χ2n) is 7.15. The molecule has 4 N–H and O–H groups in total. The van der Waals surface area contributed by atoms with Crippen molar-refractivity contribution in [2.45, 2.75) is 12.8 Å². The van der Waals surface area contributed by atoms with E-state index in [4.69, 9.17) is 15.2 Å². The lowest BCUT2D eigenvalue weighted by atomic mass is 10.1.